The first kappa shape index (κ1) is 14.3. The minimum atomic E-state index is -0.0911. The smallest absolute Gasteiger partial charge is 0.240 e. The van der Waals surface area contributed by atoms with Gasteiger partial charge in [-0.05, 0) is 35.1 Å². The van der Waals surface area contributed by atoms with Gasteiger partial charge in [-0.1, -0.05) is 25.9 Å². The van der Waals surface area contributed by atoms with Gasteiger partial charge in [-0.3, -0.25) is 4.90 Å². The molecule has 0 unspecified atom stereocenters. The Kier molecular flexibility index (Phi) is 4.10. The second kappa shape index (κ2) is 5.46. The predicted octanol–water partition coefficient (Wildman–Crippen LogP) is 3.35. The monoisotopic (exact) mass is 327 g/mol. The maximum atomic E-state index is 5.46. The zero-order valence-corrected chi connectivity index (χ0v) is 13.2. The zero-order valence-electron chi connectivity index (χ0n) is 11.6. The van der Waals surface area contributed by atoms with Gasteiger partial charge in [0.05, 0.1) is 13.1 Å². The van der Waals surface area contributed by atoms with Crippen LogP contribution in [0.2, 0.25) is 0 Å². The number of furan rings is 1. The fourth-order valence-electron chi connectivity index (χ4n) is 1.61. The highest BCUT2D eigenvalue weighted by molar-refractivity contribution is 9.10. The minimum absolute atomic E-state index is 0.0911. The molecule has 0 amide bonds. The SMILES string of the molecule is CN(Cc1ccc(Br)o1)Cc1nc(C(C)(C)C)no1. The van der Waals surface area contributed by atoms with Crippen LogP contribution in [0.15, 0.2) is 25.7 Å². The van der Waals surface area contributed by atoms with Crippen molar-refractivity contribution in [3.8, 4) is 0 Å². The predicted molar refractivity (Wildman–Crippen MR) is 74.6 cm³/mol. The molecule has 0 fully saturated rings. The summed E-state index contributed by atoms with van der Waals surface area (Å²) in [6.45, 7) is 7.48. The van der Waals surface area contributed by atoms with Gasteiger partial charge in [0.15, 0.2) is 10.5 Å². The fraction of sp³-hybridized carbons (Fsp3) is 0.538. The Hall–Kier alpha value is -1.14. The zero-order chi connectivity index (χ0) is 14.0. The molecule has 0 radical (unpaired) electrons. The first-order valence-electron chi connectivity index (χ1n) is 6.10. The molecule has 2 heterocycles. The van der Waals surface area contributed by atoms with Gasteiger partial charge in [0.25, 0.3) is 0 Å². The van der Waals surface area contributed by atoms with E-state index in [1.807, 2.05) is 19.2 Å². The molecule has 0 spiro atoms. The second-order valence-electron chi connectivity index (χ2n) is 5.64. The van der Waals surface area contributed by atoms with Crippen LogP contribution in [0.4, 0.5) is 0 Å². The largest absolute Gasteiger partial charge is 0.453 e. The summed E-state index contributed by atoms with van der Waals surface area (Å²) in [7, 11) is 1.98. The maximum Gasteiger partial charge on any atom is 0.240 e. The van der Waals surface area contributed by atoms with Crippen molar-refractivity contribution in [2.45, 2.75) is 39.3 Å². The van der Waals surface area contributed by atoms with E-state index < -0.39 is 0 Å². The molecule has 0 aromatic carbocycles. The molecule has 0 bridgehead atoms. The van der Waals surface area contributed by atoms with Crippen LogP contribution in [0.3, 0.4) is 0 Å². The molecular weight excluding hydrogens is 310 g/mol. The number of aromatic nitrogens is 2. The summed E-state index contributed by atoms with van der Waals surface area (Å²) in [6.07, 6.45) is 0. The van der Waals surface area contributed by atoms with Crippen LogP contribution < -0.4 is 0 Å². The van der Waals surface area contributed by atoms with E-state index >= 15 is 0 Å². The van der Waals surface area contributed by atoms with Crippen molar-refractivity contribution in [2.75, 3.05) is 7.05 Å². The summed E-state index contributed by atoms with van der Waals surface area (Å²) in [5.41, 5.74) is -0.0911. The van der Waals surface area contributed by atoms with Crippen LogP contribution >= 0.6 is 15.9 Å². The molecule has 0 saturated carbocycles. The molecule has 2 aromatic heterocycles. The Labute approximate surface area is 121 Å². The van der Waals surface area contributed by atoms with Gasteiger partial charge in [0.2, 0.25) is 5.89 Å². The average molecular weight is 328 g/mol. The molecule has 0 aliphatic heterocycles. The Morgan fingerprint density at radius 3 is 2.53 bits per heavy atom. The molecular formula is C13H18BrN3O2. The molecule has 0 atom stereocenters. The molecule has 0 saturated heterocycles. The summed E-state index contributed by atoms with van der Waals surface area (Å²) >= 11 is 3.29. The summed E-state index contributed by atoms with van der Waals surface area (Å²) in [6, 6.07) is 3.82. The molecule has 2 rings (SSSR count). The Morgan fingerprint density at radius 1 is 1.26 bits per heavy atom. The van der Waals surface area contributed by atoms with Crippen LogP contribution in [0.25, 0.3) is 0 Å². The lowest BCUT2D eigenvalue weighted by Gasteiger charge is -2.12. The van der Waals surface area contributed by atoms with Crippen LogP contribution in [0.1, 0.15) is 38.2 Å². The maximum absolute atomic E-state index is 5.46. The summed E-state index contributed by atoms with van der Waals surface area (Å²) in [5, 5.41) is 4.01. The van der Waals surface area contributed by atoms with Crippen molar-refractivity contribution in [2.24, 2.45) is 0 Å². The van der Waals surface area contributed by atoms with Gasteiger partial charge >= 0.3 is 0 Å². The number of halogens is 1. The van der Waals surface area contributed by atoms with Gasteiger partial charge in [0, 0.05) is 5.41 Å². The molecule has 104 valence electrons. The average Bonchev–Trinajstić information content (AvgIpc) is 2.87. The standard InChI is InChI=1S/C13H18BrN3O2/c1-13(2,3)12-15-11(19-16-12)8-17(4)7-9-5-6-10(14)18-9/h5-6H,7-8H2,1-4H3. The van der Waals surface area contributed by atoms with E-state index in [-0.39, 0.29) is 5.41 Å². The Bertz CT molecular complexity index is 542. The Balaban J connectivity index is 1.95. The van der Waals surface area contributed by atoms with Crippen molar-refractivity contribution < 1.29 is 8.94 Å². The van der Waals surface area contributed by atoms with Crippen molar-refractivity contribution >= 4 is 15.9 Å². The topological polar surface area (TPSA) is 55.3 Å². The number of hydrogen-bond acceptors (Lipinski definition) is 5. The third kappa shape index (κ3) is 3.91. The summed E-state index contributed by atoms with van der Waals surface area (Å²) in [4.78, 5) is 6.47. The third-order valence-corrected chi connectivity index (χ3v) is 3.02. The van der Waals surface area contributed by atoms with E-state index in [2.05, 4.69) is 51.7 Å². The van der Waals surface area contributed by atoms with E-state index in [0.29, 0.717) is 19.0 Å². The van der Waals surface area contributed by atoms with E-state index in [1.54, 1.807) is 0 Å². The van der Waals surface area contributed by atoms with Crippen molar-refractivity contribution in [1.82, 2.24) is 15.0 Å². The molecule has 0 N–H and O–H groups in total. The van der Waals surface area contributed by atoms with Gasteiger partial charge in [-0.2, -0.15) is 4.98 Å². The van der Waals surface area contributed by atoms with Gasteiger partial charge < -0.3 is 8.94 Å². The quantitative estimate of drug-likeness (QED) is 0.861. The fourth-order valence-corrected chi connectivity index (χ4v) is 1.95. The van der Waals surface area contributed by atoms with E-state index in [9.17, 15) is 0 Å². The lowest BCUT2D eigenvalue weighted by Crippen LogP contribution is -2.18. The minimum Gasteiger partial charge on any atom is -0.453 e. The van der Waals surface area contributed by atoms with Crippen molar-refractivity contribution in [3.63, 3.8) is 0 Å². The van der Waals surface area contributed by atoms with Crippen LogP contribution in [0, 0.1) is 0 Å². The first-order valence-corrected chi connectivity index (χ1v) is 6.90. The van der Waals surface area contributed by atoms with E-state index in [0.717, 1.165) is 16.3 Å². The van der Waals surface area contributed by atoms with Gasteiger partial charge in [0.1, 0.15) is 5.76 Å². The van der Waals surface area contributed by atoms with Crippen molar-refractivity contribution in [1.29, 1.82) is 0 Å². The normalized spacial score (nSPS) is 12.3. The van der Waals surface area contributed by atoms with E-state index in [4.69, 9.17) is 8.94 Å². The highest BCUT2D eigenvalue weighted by atomic mass is 79.9. The lowest BCUT2D eigenvalue weighted by atomic mass is 9.96. The number of hydrogen-bond donors (Lipinski definition) is 0. The molecule has 5 nitrogen and oxygen atoms in total. The van der Waals surface area contributed by atoms with Crippen LogP contribution in [-0.2, 0) is 18.5 Å². The first-order chi connectivity index (χ1) is 8.84. The Morgan fingerprint density at radius 2 is 2.00 bits per heavy atom. The second-order valence-corrected chi connectivity index (χ2v) is 6.42. The molecule has 6 heteroatoms. The third-order valence-electron chi connectivity index (χ3n) is 2.60. The van der Waals surface area contributed by atoms with Crippen LogP contribution in [0.5, 0.6) is 0 Å². The molecule has 2 aromatic rings. The summed E-state index contributed by atoms with van der Waals surface area (Å²) in [5.74, 6) is 2.25. The van der Waals surface area contributed by atoms with Gasteiger partial charge in [-0.25, -0.2) is 0 Å². The number of rotatable bonds is 4. The summed E-state index contributed by atoms with van der Waals surface area (Å²) < 4.78 is 11.5. The highest BCUT2D eigenvalue weighted by Gasteiger charge is 2.21. The molecule has 19 heavy (non-hydrogen) atoms. The molecule has 0 aliphatic rings. The lowest BCUT2D eigenvalue weighted by molar-refractivity contribution is 0.242. The van der Waals surface area contributed by atoms with Crippen LogP contribution in [-0.4, -0.2) is 22.1 Å². The van der Waals surface area contributed by atoms with E-state index in [1.165, 1.54) is 0 Å². The number of nitrogens with zero attached hydrogens (tertiary/aromatic N) is 3. The van der Waals surface area contributed by atoms with Gasteiger partial charge in [-0.15, -0.1) is 0 Å². The highest BCUT2D eigenvalue weighted by Crippen LogP contribution is 2.19. The molecule has 0 aliphatic carbocycles. The van der Waals surface area contributed by atoms with Crippen molar-refractivity contribution in [3.05, 3.63) is 34.3 Å².